The van der Waals surface area contributed by atoms with E-state index < -0.39 is 0 Å². The Morgan fingerprint density at radius 3 is 2.56 bits per heavy atom. The lowest BCUT2D eigenvalue weighted by molar-refractivity contribution is -0.136. The first-order chi connectivity index (χ1) is 12.0. The van der Waals surface area contributed by atoms with Gasteiger partial charge >= 0.3 is 0 Å². The molecule has 0 atom stereocenters. The molecular formula is C20H27N3O2. The van der Waals surface area contributed by atoms with Crippen molar-refractivity contribution in [3.05, 3.63) is 36.0 Å². The maximum absolute atomic E-state index is 12.7. The molecule has 3 rings (SSSR count). The van der Waals surface area contributed by atoms with Gasteiger partial charge in [0.1, 0.15) is 6.54 Å². The molecule has 1 aliphatic rings. The van der Waals surface area contributed by atoms with Gasteiger partial charge in [-0.05, 0) is 51.1 Å². The van der Waals surface area contributed by atoms with Crippen molar-refractivity contribution in [1.29, 1.82) is 0 Å². The molecule has 5 nitrogen and oxygen atoms in total. The van der Waals surface area contributed by atoms with Crippen molar-refractivity contribution >= 4 is 22.7 Å². The van der Waals surface area contributed by atoms with Crippen LogP contribution in [0.4, 0.5) is 0 Å². The quantitative estimate of drug-likeness (QED) is 0.930. The van der Waals surface area contributed by atoms with Gasteiger partial charge in [0.25, 0.3) is 0 Å². The molecule has 134 valence electrons. The van der Waals surface area contributed by atoms with Crippen LogP contribution in [-0.4, -0.2) is 40.4 Å². The third-order valence-electron chi connectivity index (χ3n) is 4.96. The van der Waals surface area contributed by atoms with Gasteiger partial charge in [0.05, 0.1) is 0 Å². The third-order valence-corrected chi connectivity index (χ3v) is 4.96. The molecule has 2 aromatic rings. The SMILES string of the molecule is Cc1cc2ccccc2n1CC(=O)N1CCC(C(=O)NC(C)C)CC1. The number of hydrogen-bond donors (Lipinski definition) is 1. The highest BCUT2D eigenvalue weighted by Crippen LogP contribution is 2.21. The van der Waals surface area contributed by atoms with Gasteiger partial charge in [-0.3, -0.25) is 9.59 Å². The fraction of sp³-hybridized carbons (Fsp3) is 0.500. The summed E-state index contributed by atoms with van der Waals surface area (Å²) in [5, 5.41) is 4.14. The Balaban J connectivity index is 1.61. The zero-order chi connectivity index (χ0) is 18.0. The summed E-state index contributed by atoms with van der Waals surface area (Å²) < 4.78 is 2.08. The molecule has 1 saturated heterocycles. The van der Waals surface area contributed by atoms with E-state index in [4.69, 9.17) is 0 Å². The van der Waals surface area contributed by atoms with Crippen LogP contribution in [0.3, 0.4) is 0 Å². The number of nitrogens with zero attached hydrogens (tertiary/aromatic N) is 2. The summed E-state index contributed by atoms with van der Waals surface area (Å²) in [5.74, 6) is 0.280. The first-order valence-corrected chi connectivity index (χ1v) is 9.08. The summed E-state index contributed by atoms with van der Waals surface area (Å²) in [7, 11) is 0. The molecule has 1 aromatic carbocycles. The average Bonchev–Trinajstić information content (AvgIpc) is 2.90. The Bertz CT molecular complexity index is 770. The van der Waals surface area contributed by atoms with E-state index in [0.717, 1.165) is 29.4 Å². The molecule has 0 spiro atoms. The molecule has 0 aliphatic carbocycles. The Hall–Kier alpha value is -2.30. The summed E-state index contributed by atoms with van der Waals surface area (Å²) >= 11 is 0. The predicted molar refractivity (Wildman–Crippen MR) is 99.3 cm³/mol. The number of piperidine rings is 1. The Kier molecular flexibility index (Phi) is 5.11. The number of nitrogens with one attached hydrogen (secondary N) is 1. The largest absolute Gasteiger partial charge is 0.354 e. The number of aromatic nitrogens is 1. The van der Waals surface area contributed by atoms with E-state index in [-0.39, 0.29) is 23.8 Å². The number of likely N-dealkylation sites (tertiary alicyclic amines) is 1. The molecule has 1 aliphatic heterocycles. The van der Waals surface area contributed by atoms with Gasteiger partial charge in [-0.25, -0.2) is 0 Å². The van der Waals surface area contributed by atoms with E-state index in [1.807, 2.05) is 37.8 Å². The average molecular weight is 341 g/mol. The van der Waals surface area contributed by atoms with Crippen molar-refractivity contribution in [2.45, 2.75) is 46.2 Å². The topological polar surface area (TPSA) is 54.3 Å². The van der Waals surface area contributed by atoms with E-state index in [9.17, 15) is 9.59 Å². The van der Waals surface area contributed by atoms with Gasteiger partial charge in [-0.1, -0.05) is 18.2 Å². The number of para-hydroxylation sites is 1. The maximum atomic E-state index is 12.7. The van der Waals surface area contributed by atoms with Gasteiger partial charge in [0.15, 0.2) is 0 Å². The normalized spacial score (nSPS) is 15.8. The van der Waals surface area contributed by atoms with Gasteiger partial charge in [-0.2, -0.15) is 0 Å². The smallest absolute Gasteiger partial charge is 0.242 e. The van der Waals surface area contributed by atoms with Crippen LogP contribution in [0.5, 0.6) is 0 Å². The molecule has 0 bridgehead atoms. The van der Waals surface area contributed by atoms with Crippen LogP contribution in [0, 0.1) is 12.8 Å². The van der Waals surface area contributed by atoms with Gasteiger partial charge in [-0.15, -0.1) is 0 Å². The van der Waals surface area contributed by atoms with Crippen molar-refractivity contribution in [3.8, 4) is 0 Å². The Morgan fingerprint density at radius 2 is 1.88 bits per heavy atom. The first-order valence-electron chi connectivity index (χ1n) is 9.08. The van der Waals surface area contributed by atoms with E-state index in [1.54, 1.807) is 0 Å². The fourth-order valence-corrected chi connectivity index (χ4v) is 3.59. The van der Waals surface area contributed by atoms with E-state index in [1.165, 1.54) is 0 Å². The molecule has 2 heterocycles. The van der Waals surface area contributed by atoms with Crippen molar-refractivity contribution in [2.24, 2.45) is 5.92 Å². The van der Waals surface area contributed by atoms with Crippen molar-refractivity contribution in [3.63, 3.8) is 0 Å². The zero-order valence-electron chi connectivity index (χ0n) is 15.3. The Labute approximate surface area is 149 Å². The summed E-state index contributed by atoms with van der Waals surface area (Å²) in [4.78, 5) is 26.7. The summed E-state index contributed by atoms with van der Waals surface area (Å²) in [6.45, 7) is 7.67. The van der Waals surface area contributed by atoms with Gasteiger partial charge < -0.3 is 14.8 Å². The minimum atomic E-state index is 0.0283. The highest BCUT2D eigenvalue weighted by molar-refractivity contribution is 5.84. The van der Waals surface area contributed by atoms with Crippen LogP contribution in [0.25, 0.3) is 10.9 Å². The second kappa shape index (κ2) is 7.30. The van der Waals surface area contributed by atoms with Crippen LogP contribution in [-0.2, 0) is 16.1 Å². The number of carbonyl (C=O) groups is 2. The molecule has 1 fully saturated rings. The highest BCUT2D eigenvalue weighted by atomic mass is 16.2. The van der Waals surface area contributed by atoms with Crippen molar-refractivity contribution in [2.75, 3.05) is 13.1 Å². The van der Waals surface area contributed by atoms with E-state index in [0.29, 0.717) is 19.6 Å². The molecule has 1 N–H and O–H groups in total. The van der Waals surface area contributed by atoms with Crippen LogP contribution < -0.4 is 5.32 Å². The summed E-state index contributed by atoms with van der Waals surface area (Å²) in [6.07, 6.45) is 1.49. The van der Waals surface area contributed by atoms with Crippen LogP contribution in [0.1, 0.15) is 32.4 Å². The van der Waals surface area contributed by atoms with Crippen molar-refractivity contribution < 1.29 is 9.59 Å². The zero-order valence-corrected chi connectivity index (χ0v) is 15.3. The number of fused-ring (bicyclic) bond motifs is 1. The second-order valence-electron chi connectivity index (χ2n) is 7.25. The first kappa shape index (κ1) is 17.5. The van der Waals surface area contributed by atoms with E-state index in [2.05, 4.69) is 28.1 Å². The number of amides is 2. The Morgan fingerprint density at radius 1 is 1.20 bits per heavy atom. The number of hydrogen-bond acceptors (Lipinski definition) is 2. The molecule has 5 heteroatoms. The molecule has 0 radical (unpaired) electrons. The molecule has 0 saturated carbocycles. The summed E-state index contributed by atoms with van der Waals surface area (Å²) in [5.41, 5.74) is 2.19. The lowest BCUT2D eigenvalue weighted by Gasteiger charge is -2.32. The number of benzene rings is 1. The summed E-state index contributed by atoms with van der Waals surface area (Å²) in [6, 6.07) is 10.4. The molecule has 1 aromatic heterocycles. The standard InChI is InChI=1S/C20H27N3O2/c1-14(2)21-20(25)16-8-10-22(11-9-16)19(24)13-23-15(3)12-17-6-4-5-7-18(17)23/h4-7,12,14,16H,8-11,13H2,1-3H3,(H,21,25). The van der Waals surface area contributed by atoms with E-state index >= 15 is 0 Å². The number of carbonyl (C=O) groups excluding carboxylic acids is 2. The fourth-order valence-electron chi connectivity index (χ4n) is 3.59. The maximum Gasteiger partial charge on any atom is 0.242 e. The third kappa shape index (κ3) is 3.86. The van der Waals surface area contributed by atoms with Crippen LogP contribution in [0.15, 0.2) is 30.3 Å². The van der Waals surface area contributed by atoms with Crippen LogP contribution in [0.2, 0.25) is 0 Å². The monoisotopic (exact) mass is 341 g/mol. The van der Waals surface area contributed by atoms with Crippen LogP contribution >= 0.6 is 0 Å². The predicted octanol–water partition coefficient (Wildman–Crippen LogP) is 2.71. The molecule has 0 unspecified atom stereocenters. The molecule has 25 heavy (non-hydrogen) atoms. The molecular weight excluding hydrogens is 314 g/mol. The lowest BCUT2D eigenvalue weighted by Crippen LogP contribution is -2.45. The highest BCUT2D eigenvalue weighted by Gasteiger charge is 2.27. The second-order valence-corrected chi connectivity index (χ2v) is 7.25. The number of aryl methyl sites for hydroxylation is 1. The number of rotatable bonds is 4. The minimum absolute atomic E-state index is 0.0283. The van der Waals surface area contributed by atoms with Gasteiger partial charge in [0.2, 0.25) is 11.8 Å². The lowest BCUT2D eigenvalue weighted by atomic mass is 9.95. The van der Waals surface area contributed by atoms with Gasteiger partial charge in [0, 0.05) is 36.3 Å². The minimum Gasteiger partial charge on any atom is -0.354 e. The molecule has 2 amide bonds. The van der Waals surface area contributed by atoms with Crippen molar-refractivity contribution in [1.82, 2.24) is 14.8 Å².